The van der Waals surface area contributed by atoms with Crippen molar-refractivity contribution in [2.45, 2.75) is 31.7 Å². The van der Waals surface area contributed by atoms with Gasteiger partial charge in [0.2, 0.25) is 5.95 Å². The molecular weight excluding hydrogens is 413 g/mol. The van der Waals surface area contributed by atoms with Crippen molar-refractivity contribution in [1.29, 1.82) is 0 Å². The summed E-state index contributed by atoms with van der Waals surface area (Å²) in [5, 5.41) is 2.98. The molecule has 1 aliphatic heterocycles. The van der Waals surface area contributed by atoms with Crippen molar-refractivity contribution in [2.75, 3.05) is 32.1 Å². The zero-order valence-corrected chi connectivity index (χ0v) is 17.0. The first kappa shape index (κ1) is 21.4. The van der Waals surface area contributed by atoms with E-state index in [0.717, 1.165) is 18.4 Å². The minimum atomic E-state index is -4.74. The molecule has 7 nitrogen and oxygen atoms in total. The van der Waals surface area contributed by atoms with Gasteiger partial charge in [-0.2, -0.15) is 0 Å². The lowest BCUT2D eigenvalue weighted by atomic mass is 10.0. The van der Waals surface area contributed by atoms with Crippen LogP contribution in [0, 0.1) is 5.92 Å². The van der Waals surface area contributed by atoms with E-state index >= 15 is 0 Å². The molecule has 1 saturated carbocycles. The molecule has 2 heterocycles. The van der Waals surface area contributed by atoms with Crippen molar-refractivity contribution in [3.63, 3.8) is 0 Å². The van der Waals surface area contributed by atoms with Crippen LogP contribution < -0.4 is 10.1 Å². The van der Waals surface area contributed by atoms with Crippen LogP contribution in [-0.2, 0) is 11.3 Å². The van der Waals surface area contributed by atoms with Gasteiger partial charge in [-0.05, 0) is 42.0 Å². The number of ether oxygens (including phenoxy) is 2. The lowest BCUT2D eigenvalue weighted by Gasteiger charge is -2.38. The Labute approximate surface area is 177 Å². The van der Waals surface area contributed by atoms with Gasteiger partial charge in [-0.25, -0.2) is 9.97 Å². The standard InChI is InChI=1S/C21H23F3N4O3/c1-30-12-14-10-28(11-14)19(29)17-8-26-20(27-9-17)25-7-13-4-16(15-2-3-15)6-18(5-13)31-21(22,23)24/h4-6,8-9,14-15H,2-3,7,10-12H2,1H3,(H,25,26,27). The van der Waals surface area contributed by atoms with Crippen LogP contribution in [0.25, 0.3) is 0 Å². The van der Waals surface area contributed by atoms with Crippen LogP contribution in [0.15, 0.2) is 30.6 Å². The minimum Gasteiger partial charge on any atom is -0.406 e. The maximum Gasteiger partial charge on any atom is 0.573 e. The molecule has 166 valence electrons. The van der Waals surface area contributed by atoms with Crippen LogP contribution in [0.1, 0.15) is 40.2 Å². The Hall–Kier alpha value is -2.88. The van der Waals surface area contributed by atoms with E-state index in [1.54, 1.807) is 12.0 Å². The molecule has 0 atom stereocenters. The monoisotopic (exact) mass is 436 g/mol. The predicted octanol–water partition coefficient (Wildman–Crippen LogP) is 3.58. The minimum absolute atomic E-state index is 0.134. The van der Waals surface area contributed by atoms with Gasteiger partial charge >= 0.3 is 6.36 Å². The third-order valence-electron chi connectivity index (χ3n) is 5.27. The largest absolute Gasteiger partial charge is 0.573 e. The first-order valence-electron chi connectivity index (χ1n) is 10.0. The molecular formula is C21H23F3N4O3. The lowest BCUT2D eigenvalue weighted by molar-refractivity contribution is -0.274. The van der Waals surface area contributed by atoms with Crippen LogP contribution >= 0.6 is 0 Å². The number of carbonyl (C=O) groups excluding carboxylic acids is 1. The highest BCUT2D eigenvalue weighted by Gasteiger charge is 2.33. The maximum atomic E-state index is 12.6. The highest BCUT2D eigenvalue weighted by atomic mass is 19.4. The SMILES string of the molecule is COCC1CN(C(=O)c2cnc(NCc3cc(OC(F)(F)F)cc(C4CC4)c3)nc2)C1. The molecule has 1 aromatic carbocycles. The fraction of sp³-hybridized carbons (Fsp3) is 0.476. The summed E-state index contributed by atoms with van der Waals surface area (Å²) in [6.07, 6.45) is 0.0764. The molecule has 1 amide bonds. The summed E-state index contributed by atoms with van der Waals surface area (Å²) in [5.74, 6) is 0.560. The highest BCUT2D eigenvalue weighted by molar-refractivity contribution is 5.94. The average molecular weight is 436 g/mol. The van der Waals surface area contributed by atoms with Gasteiger partial charge in [0.25, 0.3) is 5.91 Å². The molecule has 1 N–H and O–H groups in total. The van der Waals surface area contributed by atoms with Crippen molar-refractivity contribution in [2.24, 2.45) is 5.92 Å². The summed E-state index contributed by atoms with van der Waals surface area (Å²) < 4.78 is 47.1. The van der Waals surface area contributed by atoms with E-state index in [1.165, 1.54) is 24.5 Å². The van der Waals surface area contributed by atoms with E-state index in [0.29, 0.717) is 36.7 Å². The molecule has 0 spiro atoms. The van der Waals surface area contributed by atoms with Crippen LogP contribution in [0.4, 0.5) is 19.1 Å². The van der Waals surface area contributed by atoms with Gasteiger partial charge < -0.3 is 19.7 Å². The second-order valence-electron chi connectivity index (χ2n) is 7.91. The van der Waals surface area contributed by atoms with Crippen molar-refractivity contribution < 1.29 is 27.4 Å². The second kappa shape index (κ2) is 8.70. The topological polar surface area (TPSA) is 76.6 Å². The Morgan fingerprint density at radius 2 is 1.90 bits per heavy atom. The molecule has 2 aromatic rings. The Bertz CT molecular complexity index is 926. The van der Waals surface area contributed by atoms with Gasteiger partial charge in [0, 0.05) is 45.1 Å². The van der Waals surface area contributed by atoms with Crippen molar-refractivity contribution in [3.05, 3.63) is 47.3 Å². The van der Waals surface area contributed by atoms with Crippen LogP contribution in [0.5, 0.6) is 5.75 Å². The Kier molecular flexibility index (Phi) is 5.99. The average Bonchev–Trinajstić information content (AvgIpc) is 3.53. The molecule has 0 bridgehead atoms. The number of rotatable bonds is 8. The fourth-order valence-corrected chi connectivity index (χ4v) is 3.60. The number of hydrogen-bond donors (Lipinski definition) is 1. The Balaban J connectivity index is 1.36. The quantitative estimate of drug-likeness (QED) is 0.682. The number of anilines is 1. The van der Waals surface area contributed by atoms with Gasteiger partial charge in [-0.15, -0.1) is 13.2 Å². The van der Waals surface area contributed by atoms with Crippen molar-refractivity contribution >= 4 is 11.9 Å². The summed E-state index contributed by atoms with van der Waals surface area (Å²) in [7, 11) is 1.64. The maximum absolute atomic E-state index is 12.6. The first-order valence-corrected chi connectivity index (χ1v) is 10.0. The number of likely N-dealkylation sites (tertiary alicyclic amines) is 1. The zero-order chi connectivity index (χ0) is 22.0. The Morgan fingerprint density at radius 3 is 2.52 bits per heavy atom. The number of alkyl halides is 3. The summed E-state index contributed by atoms with van der Waals surface area (Å²) in [4.78, 5) is 22.4. The van der Waals surface area contributed by atoms with Crippen LogP contribution in [-0.4, -0.2) is 53.9 Å². The van der Waals surface area contributed by atoms with E-state index in [4.69, 9.17) is 4.74 Å². The molecule has 2 aliphatic rings. The second-order valence-corrected chi connectivity index (χ2v) is 7.91. The number of nitrogens with one attached hydrogen (secondary N) is 1. The first-order chi connectivity index (χ1) is 14.8. The van der Waals surface area contributed by atoms with E-state index in [1.807, 2.05) is 6.07 Å². The van der Waals surface area contributed by atoms with Gasteiger partial charge in [0.1, 0.15) is 5.75 Å². The molecule has 1 aromatic heterocycles. The number of nitrogens with zero attached hydrogens (tertiary/aromatic N) is 3. The third-order valence-corrected chi connectivity index (χ3v) is 5.27. The summed E-state index contributed by atoms with van der Waals surface area (Å²) >= 11 is 0. The van der Waals surface area contributed by atoms with Gasteiger partial charge in [-0.3, -0.25) is 4.79 Å². The molecule has 4 rings (SSSR count). The Morgan fingerprint density at radius 1 is 1.19 bits per heavy atom. The smallest absolute Gasteiger partial charge is 0.406 e. The van der Waals surface area contributed by atoms with Gasteiger partial charge in [-0.1, -0.05) is 6.07 Å². The lowest BCUT2D eigenvalue weighted by Crippen LogP contribution is -2.51. The molecule has 1 saturated heterocycles. The molecule has 2 fully saturated rings. The van der Waals surface area contributed by atoms with Crippen molar-refractivity contribution in [3.8, 4) is 5.75 Å². The van der Waals surface area contributed by atoms with E-state index in [-0.39, 0.29) is 30.1 Å². The summed E-state index contributed by atoms with van der Waals surface area (Å²) in [6.45, 7) is 2.15. The third kappa shape index (κ3) is 5.63. The predicted molar refractivity (Wildman–Crippen MR) is 106 cm³/mol. The zero-order valence-electron chi connectivity index (χ0n) is 17.0. The fourth-order valence-electron chi connectivity index (χ4n) is 3.60. The number of benzene rings is 1. The van der Waals surface area contributed by atoms with E-state index in [9.17, 15) is 18.0 Å². The number of carbonyl (C=O) groups is 1. The van der Waals surface area contributed by atoms with Crippen molar-refractivity contribution in [1.82, 2.24) is 14.9 Å². The molecule has 0 unspecified atom stereocenters. The number of hydrogen-bond acceptors (Lipinski definition) is 6. The van der Waals surface area contributed by atoms with E-state index in [2.05, 4.69) is 20.0 Å². The molecule has 31 heavy (non-hydrogen) atoms. The number of aromatic nitrogens is 2. The molecule has 10 heteroatoms. The van der Waals surface area contributed by atoms with E-state index < -0.39 is 6.36 Å². The normalized spacial score (nSPS) is 16.7. The van der Waals surface area contributed by atoms with Crippen LogP contribution in [0.3, 0.4) is 0 Å². The van der Waals surface area contributed by atoms with Crippen LogP contribution in [0.2, 0.25) is 0 Å². The van der Waals surface area contributed by atoms with Gasteiger partial charge in [0.05, 0.1) is 12.2 Å². The molecule has 1 aliphatic carbocycles. The molecule has 0 radical (unpaired) electrons. The summed E-state index contributed by atoms with van der Waals surface area (Å²) in [6, 6.07) is 4.66. The highest BCUT2D eigenvalue weighted by Crippen LogP contribution is 2.42. The number of methoxy groups -OCH3 is 1. The summed E-state index contributed by atoms with van der Waals surface area (Å²) in [5.41, 5.74) is 1.86. The number of halogens is 3. The van der Waals surface area contributed by atoms with Gasteiger partial charge in [0.15, 0.2) is 0 Å². The number of amides is 1.